The van der Waals surface area contributed by atoms with E-state index in [9.17, 15) is 5.26 Å². The SMILES string of the molecule is C=C(N=CC)/C(C)=C\C.Cc1ccc2c(C#N)ccc(N3CC(C)NC(C)C3)c2c1. The molecular formula is C26H34N4. The topological polar surface area (TPSA) is 51.4 Å². The molecule has 0 spiro atoms. The molecule has 1 saturated heterocycles. The number of nitrogens with one attached hydrogen (secondary N) is 1. The zero-order chi connectivity index (χ0) is 22.3. The van der Waals surface area contributed by atoms with Crippen molar-refractivity contribution >= 4 is 22.7 Å². The molecule has 1 heterocycles. The molecule has 2 aromatic rings. The van der Waals surface area contributed by atoms with E-state index in [1.807, 2.05) is 32.9 Å². The van der Waals surface area contributed by atoms with Crippen LogP contribution in [-0.4, -0.2) is 31.4 Å². The minimum atomic E-state index is 0.476. The molecule has 30 heavy (non-hydrogen) atoms. The zero-order valence-corrected chi connectivity index (χ0v) is 19.2. The highest BCUT2D eigenvalue weighted by Gasteiger charge is 2.22. The lowest BCUT2D eigenvalue weighted by Crippen LogP contribution is -2.54. The van der Waals surface area contributed by atoms with Crippen molar-refractivity contribution in [2.75, 3.05) is 18.0 Å². The number of fused-ring (bicyclic) bond motifs is 1. The van der Waals surface area contributed by atoms with E-state index < -0.39 is 0 Å². The number of allylic oxidation sites excluding steroid dienone is 2. The normalized spacial score (nSPS) is 19.4. The second-order valence-corrected chi connectivity index (χ2v) is 7.97. The molecule has 0 amide bonds. The maximum atomic E-state index is 9.32. The summed E-state index contributed by atoms with van der Waals surface area (Å²) in [5.41, 5.74) is 5.21. The predicted molar refractivity (Wildman–Crippen MR) is 130 cm³/mol. The third-order valence-corrected chi connectivity index (χ3v) is 5.34. The second-order valence-electron chi connectivity index (χ2n) is 7.97. The van der Waals surface area contributed by atoms with E-state index in [1.54, 1.807) is 6.21 Å². The Hall–Kier alpha value is -2.90. The number of anilines is 1. The lowest BCUT2D eigenvalue weighted by Gasteiger charge is -2.38. The molecule has 2 unspecified atom stereocenters. The Labute approximate surface area is 181 Å². The molecule has 0 saturated carbocycles. The van der Waals surface area contributed by atoms with Gasteiger partial charge in [0.25, 0.3) is 0 Å². The van der Waals surface area contributed by atoms with Crippen molar-refractivity contribution in [1.29, 1.82) is 5.26 Å². The van der Waals surface area contributed by atoms with Crippen molar-refractivity contribution in [3.8, 4) is 6.07 Å². The molecule has 4 heteroatoms. The first-order valence-electron chi connectivity index (χ1n) is 10.6. The summed E-state index contributed by atoms with van der Waals surface area (Å²) in [4.78, 5) is 6.45. The number of nitriles is 1. The second kappa shape index (κ2) is 10.8. The van der Waals surface area contributed by atoms with Crippen LogP contribution >= 0.6 is 0 Å². The van der Waals surface area contributed by atoms with Crippen LogP contribution in [0.15, 0.2) is 59.2 Å². The first-order chi connectivity index (χ1) is 14.3. The van der Waals surface area contributed by atoms with Crippen LogP contribution in [0.2, 0.25) is 0 Å². The number of piperazine rings is 1. The zero-order valence-electron chi connectivity index (χ0n) is 19.2. The summed E-state index contributed by atoms with van der Waals surface area (Å²) in [6.45, 7) is 18.2. The number of rotatable bonds is 3. The molecule has 4 nitrogen and oxygen atoms in total. The molecule has 2 aromatic carbocycles. The Bertz CT molecular complexity index is 984. The Morgan fingerprint density at radius 1 is 1.17 bits per heavy atom. The van der Waals surface area contributed by atoms with Crippen molar-refractivity contribution in [3.05, 3.63) is 65.4 Å². The van der Waals surface area contributed by atoms with Gasteiger partial charge in [-0.1, -0.05) is 30.4 Å². The number of hydrogen-bond acceptors (Lipinski definition) is 4. The van der Waals surface area contributed by atoms with Gasteiger partial charge in [-0.3, -0.25) is 4.99 Å². The summed E-state index contributed by atoms with van der Waals surface area (Å²) in [7, 11) is 0. The summed E-state index contributed by atoms with van der Waals surface area (Å²) >= 11 is 0. The molecule has 158 valence electrons. The molecule has 2 atom stereocenters. The number of benzene rings is 2. The van der Waals surface area contributed by atoms with Gasteiger partial charge in [0.2, 0.25) is 0 Å². The van der Waals surface area contributed by atoms with Crippen molar-refractivity contribution < 1.29 is 0 Å². The Kier molecular flexibility index (Phi) is 8.38. The Morgan fingerprint density at radius 3 is 2.40 bits per heavy atom. The van der Waals surface area contributed by atoms with Crippen LogP contribution in [0.3, 0.4) is 0 Å². The standard InChI is InChI=1S/C18H21N3.C8H13N/c1-12-4-6-16-15(9-19)5-7-18(17(16)8-12)21-10-13(2)20-14(3)11-21;1-5-7(3)8(4)9-6-2/h4-8,13-14,20H,10-11H2,1-3H3;5-6H,4H2,1-3H3/b;7-5-,9-6?. The van der Waals surface area contributed by atoms with Crippen LogP contribution in [0.5, 0.6) is 0 Å². The van der Waals surface area contributed by atoms with Gasteiger partial charge in [-0.2, -0.15) is 5.26 Å². The summed E-state index contributed by atoms with van der Waals surface area (Å²) in [5.74, 6) is 0. The lowest BCUT2D eigenvalue weighted by molar-refractivity contribution is 0.407. The molecule has 1 N–H and O–H groups in total. The summed E-state index contributed by atoms with van der Waals surface area (Å²) in [6, 6.07) is 13.7. The van der Waals surface area contributed by atoms with Gasteiger partial charge in [0.1, 0.15) is 0 Å². The molecular weight excluding hydrogens is 368 g/mol. The van der Waals surface area contributed by atoms with E-state index in [2.05, 4.69) is 72.9 Å². The first-order valence-corrected chi connectivity index (χ1v) is 10.6. The van der Waals surface area contributed by atoms with Gasteiger partial charge in [0.15, 0.2) is 0 Å². The van der Waals surface area contributed by atoms with Crippen LogP contribution < -0.4 is 10.2 Å². The summed E-state index contributed by atoms with van der Waals surface area (Å²) in [6.07, 6.45) is 3.74. The minimum Gasteiger partial charge on any atom is -0.368 e. The molecule has 1 aliphatic heterocycles. The van der Waals surface area contributed by atoms with Crippen LogP contribution in [0.1, 0.15) is 45.7 Å². The van der Waals surface area contributed by atoms with E-state index in [-0.39, 0.29) is 0 Å². The molecule has 1 fully saturated rings. The van der Waals surface area contributed by atoms with E-state index in [0.717, 1.165) is 35.3 Å². The highest BCUT2D eigenvalue weighted by Crippen LogP contribution is 2.31. The third-order valence-electron chi connectivity index (χ3n) is 5.34. The fourth-order valence-corrected chi connectivity index (χ4v) is 3.77. The summed E-state index contributed by atoms with van der Waals surface area (Å²) in [5, 5.41) is 15.1. The molecule has 0 aliphatic carbocycles. The van der Waals surface area contributed by atoms with E-state index in [0.29, 0.717) is 12.1 Å². The number of aliphatic imine (C=N–C) groups is 1. The van der Waals surface area contributed by atoms with Crippen molar-refractivity contribution in [2.24, 2.45) is 4.99 Å². The molecule has 1 aliphatic rings. The highest BCUT2D eigenvalue weighted by atomic mass is 15.2. The van der Waals surface area contributed by atoms with Crippen molar-refractivity contribution in [1.82, 2.24) is 5.32 Å². The monoisotopic (exact) mass is 402 g/mol. The van der Waals surface area contributed by atoms with Gasteiger partial charge < -0.3 is 10.2 Å². The van der Waals surface area contributed by atoms with Crippen LogP contribution in [0.4, 0.5) is 5.69 Å². The van der Waals surface area contributed by atoms with Crippen LogP contribution in [0, 0.1) is 18.3 Å². The Balaban J connectivity index is 0.000000303. The molecule has 0 bridgehead atoms. The van der Waals surface area contributed by atoms with Gasteiger partial charge in [-0.05, 0) is 65.3 Å². The number of aryl methyl sites for hydroxylation is 1. The van der Waals surface area contributed by atoms with Gasteiger partial charge in [-0.15, -0.1) is 0 Å². The highest BCUT2D eigenvalue weighted by molar-refractivity contribution is 5.98. The quantitative estimate of drug-likeness (QED) is 0.524. The fourth-order valence-electron chi connectivity index (χ4n) is 3.77. The first kappa shape index (κ1) is 23.4. The predicted octanol–water partition coefficient (Wildman–Crippen LogP) is 5.76. The van der Waals surface area contributed by atoms with E-state index >= 15 is 0 Å². The van der Waals surface area contributed by atoms with Crippen molar-refractivity contribution in [2.45, 2.75) is 53.6 Å². The van der Waals surface area contributed by atoms with Gasteiger partial charge >= 0.3 is 0 Å². The molecule has 3 rings (SSSR count). The number of hydrogen-bond donors (Lipinski definition) is 1. The van der Waals surface area contributed by atoms with E-state index in [4.69, 9.17) is 0 Å². The average molecular weight is 403 g/mol. The Morgan fingerprint density at radius 2 is 1.83 bits per heavy atom. The fraction of sp³-hybridized carbons (Fsp3) is 0.385. The summed E-state index contributed by atoms with van der Waals surface area (Å²) < 4.78 is 0. The third kappa shape index (κ3) is 5.81. The van der Waals surface area contributed by atoms with Gasteiger partial charge in [-0.25, -0.2) is 0 Å². The molecule has 0 radical (unpaired) electrons. The van der Waals surface area contributed by atoms with Crippen LogP contribution in [-0.2, 0) is 0 Å². The lowest BCUT2D eigenvalue weighted by atomic mass is 9.99. The molecule has 0 aromatic heterocycles. The van der Waals surface area contributed by atoms with Crippen LogP contribution in [0.25, 0.3) is 10.8 Å². The van der Waals surface area contributed by atoms with E-state index in [1.165, 1.54) is 16.6 Å². The van der Waals surface area contributed by atoms with Gasteiger partial charge in [0.05, 0.1) is 17.3 Å². The minimum absolute atomic E-state index is 0.476. The van der Waals surface area contributed by atoms with Gasteiger partial charge in [0, 0.05) is 47.8 Å². The number of nitrogens with zero attached hydrogens (tertiary/aromatic N) is 3. The largest absolute Gasteiger partial charge is 0.368 e. The van der Waals surface area contributed by atoms with Crippen molar-refractivity contribution in [3.63, 3.8) is 0 Å². The maximum Gasteiger partial charge on any atom is 0.0998 e. The smallest absolute Gasteiger partial charge is 0.0998 e. The average Bonchev–Trinajstić information content (AvgIpc) is 2.72. The maximum absolute atomic E-state index is 9.32.